The molecule has 0 aromatic rings. The summed E-state index contributed by atoms with van der Waals surface area (Å²) < 4.78 is 34.9. The Morgan fingerprint density at radius 1 is 1.00 bits per heavy atom. The number of rotatable bonds is 8. The Morgan fingerprint density at radius 2 is 1.65 bits per heavy atom. The lowest BCUT2D eigenvalue weighted by Gasteiger charge is -2.47. The first-order valence-corrected chi connectivity index (χ1v) is 13.3. The molecule has 0 bridgehead atoms. The first-order chi connectivity index (χ1) is 14.5. The van der Waals surface area contributed by atoms with Crippen LogP contribution in [0.3, 0.4) is 0 Å². The first kappa shape index (κ1) is 26.1. The molecule has 4 atom stereocenters. The maximum atomic E-state index is 13.0. The lowest BCUT2D eigenvalue weighted by atomic mass is 9.68. The first-order valence-electron chi connectivity index (χ1n) is 11.6. The van der Waals surface area contributed by atoms with Gasteiger partial charge in [-0.3, -0.25) is 9.46 Å². The summed E-state index contributed by atoms with van der Waals surface area (Å²) in [5.74, 6) is 0.107. The number of esters is 1. The summed E-state index contributed by atoms with van der Waals surface area (Å²) in [5, 5.41) is 0. The van der Waals surface area contributed by atoms with Crippen LogP contribution in [0.1, 0.15) is 67.2 Å². The van der Waals surface area contributed by atoms with E-state index in [0.717, 1.165) is 25.7 Å². The summed E-state index contributed by atoms with van der Waals surface area (Å²) in [6.45, 7) is 12.3. The Balaban J connectivity index is 2.14. The van der Waals surface area contributed by atoms with Gasteiger partial charge in [0.1, 0.15) is 11.6 Å². The van der Waals surface area contributed by atoms with Crippen LogP contribution in [-0.2, 0) is 27.9 Å². The highest BCUT2D eigenvalue weighted by Crippen LogP contribution is 2.53. The number of hydrogen-bond donors (Lipinski definition) is 0. The molecule has 2 fully saturated rings. The van der Waals surface area contributed by atoms with Gasteiger partial charge in [0.15, 0.2) is 0 Å². The number of piperidine rings is 1. The molecule has 1 saturated heterocycles. The topological polar surface area (TPSA) is 91.4 Å². The Morgan fingerprint density at radius 3 is 2.19 bits per heavy atom. The monoisotopic (exact) mass is 461 g/mol. The molecule has 2 rings (SSSR count). The number of carbonyl (C=O) groups excluding carboxylic acids is 2. The van der Waals surface area contributed by atoms with Gasteiger partial charge in [0.05, 0.1) is 26.0 Å². The molecule has 1 heterocycles. The van der Waals surface area contributed by atoms with Crippen LogP contribution in [0.15, 0.2) is 0 Å². The second kappa shape index (κ2) is 11.2. The van der Waals surface area contributed by atoms with Crippen molar-refractivity contribution in [3.8, 4) is 0 Å². The van der Waals surface area contributed by atoms with Crippen molar-refractivity contribution in [3.05, 3.63) is 0 Å². The highest BCUT2D eigenvalue weighted by molar-refractivity contribution is 7.53. The lowest BCUT2D eigenvalue weighted by molar-refractivity contribution is -0.156. The SMILES string of the molecule is CCOC(=O)C1C2CCC(CP(=O)(OCC)OCC)CC2CCN1C(=O)OC(C)(C)C. The van der Waals surface area contributed by atoms with E-state index in [-0.39, 0.29) is 30.3 Å². The normalized spacial score (nSPS) is 26.8. The Bertz CT molecular complexity index is 653. The standard InChI is InChI=1S/C22H40NO7P/c1-7-27-20(24)19-18-11-10-16(15-31(26,28-8-2)29-9-3)14-17(18)12-13-23(19)21(25)30-22(4,5)6/h16-19H,7-15H2,1-6H3. The van der Waals surface area contributed by atoms with Gasteiger partial charge in [-0.2, -0.15) is 0 Å². The van der Waals surface area contributed by atoms with Crippen molar-refractivity contribution >= 4 is 19.7 Å². The Labute approximate surface area is 186 Å². The zero-order valence-electron chi connectivity index (χ0n) is 19.9. The molecule has 31 heavy (non-hydrogen) atoms. The number of fused-ring (bicyclic) bond motifs is 1. The minimum atomic E-state index is -3.11. The van der Waals surface area contributed by atoms with Gasteiger partial charge >= 0.3 is 19.7 Å². The fourth-order valence-electron chi connectivity index (χ4n) is 4.88. The highest BCUT2D eigenvalue weighted by atomic mass is 31.2. The van der Waals surface area contributed by atoms with E-state index in [2.05, 4.69) is 0 Å². The van der Waals surface area contributed by atoms with E-state index in [4.69, 9.17) is 18.5 Å². The summed E-state index contributed by atoms with van der Waals surface area (Å²) in [7, 11) is -3.11. The summed E-state index contributed by atoms with van der Waals surface area (Å²) >= 11 is 0. The van der Waals surface area contributed by atoms with Gasteiger partial charge in [-0.05, 0) is 85.0 Å². The van der Waals surface area contributed by atoms with Crippen molar-refractivity contribution in [1.82, 2.24) is 4.90 Å². The molecule has 8 nitrogen and oxygen atoms in total. The number of carbonyl (C=O) groups is 2. The molecule has 180 valence electrons. The fourth-order valence-corrected chi connectivity index (χ4v) is 6.92. The number of nitrogens with zero attached hydrogens (tertiary/aromatic N) is 1. The molecular formula is C22H40NO7P. The van der Waals surface area contributed by atoms with Gasteiger partial charge in [-0.1, -0.05) is 0 Å². The molecule has 9 heteroatoms. The second-order valence-electron chi connectivity index (χ2n) is 9.39. The average Bonchev–Trinajstić information content (AvgIpc) is 2.66. The Hall–Kier alpha value is -1.11. The van der Waals surface area contributed by atoms with Crippen molar-refractivity contribution in [3.63, 3.8) is 0 Å². The number of ether oxygens (including phenoxy) is 2. The molecule has 4 unspecified atom stereocenters. The zero-order valence-corrected chi connectivity index (χ0v) is 20.8. The molecule has 0 aromatic heterocycles. The summed E-state index contributed by atoms with van der Waals surface area (Å²) in [5.41, 5.74) is -0.634. The van der Waals surface area contributed by atoms with Crippen LogP contribution >= 0.6 is 7.60 Å². The van der Waals surface area contributed by atoms with E-state index >= 15 is 0 Å². The second-order valence-corrected chi connectivity index (χ2v) is 11.5. The number of likely N-dealkylation sites (tertiary alicyclic amines) is 1. The third kappa shape index (κ3) is 7.19. The maximum Gasteiger partial charge on any atom is 0.411 e. The molecule has 1 aliphatic heterocycles. The van der Waals surface area contributed by atoms with E-state index in [1.54, 1.807) is 11.8 Å². The van der Waals surface area contributed by atoms with E-state index < -0.39 is 25.3 Å². The van der Waals surface area contributed by atoms with Crippen molar-refractivity contribution in [2.24, 2.45) is 17.8 Å². The fraction of sp³-hybridized carbons (Fsp3) is 0.909. The smallest absolute Gasteiger partial charge is 0.411 e. The summed E-state index contributed by atoms with van der Waals surface area (Å²) in [6, 6.07) is -0.639. The van der Waals surface area contributed by atoms with Crippen LogP contribution in [0.25, 0.3) is 0 Å². The maximum absolute atomic E-state index is 13.0. The third-order valence-electron chi connectivity index (χ3n) is 5.92. The third-order valence-corrected chi connectivity index (χ3v) is 8.19. The van der Waals surface area contributed by atoms with E-state index in [0.29, 0.717) is 25.9 Å². The van der Waals surface area contributed by atoms with Gasteiger partial charge in [0.2, 0.25) is 0 Å². The van der Waals surface area contributed by atoms with Gasteiger partial charge < -0.3 is 18.5 Å². The molecule has 2 aliphatic rings. The van der Waals surface area contributed by atoms with Gasteiger partial charge in [0.25, 0.3) is 0 Å². The highest BCUT2D eigenvalue weighted by Gasteiger charge is 2.48. The van der Waals surface area contributed by atoms with E-state index in [1.165, 1.54) is 0 Å². The number of hydrogen-bond acceptors (Lipinski definition) is 7. The van der Waals surface area contributed by atoms with Crippen molar-refractivity contribution in [2.45, 2.75) is 78.9 Å². The van der Waals surface area contributed by atoms with E-state index in [9.17, 15) is 14.2 Å². The van der Waals surface area contributed by atoms with Crippen LogP contribution in [0.2, 0.25) is 0 Å². The summed E-state index contributed by atoms with van der Waals surface area (Å²) in [6.07, 6.45) is 3.12. The molecule has 0 spiro atoms. The minimum Gasteiger partial charge on any atom is -0.464 e. The molecule has 1 saturated carbocycles. The van der Waals surface area contributed by atoms with Crippen LogP contribution in [0, 0.1) is 17.8 Å². The van der Waals surface area contributed by atoms with Crippen LogP contribution in [0.4, 0.5) is 4.79 Å². The molecule has 0 aromatic carbocycles. The predicted octanol–water partition coefficient (Wildman–Crippen LogP) is 4.86. The average molecular weight is 462 g/mol. The lowest BCUT2D eigenvalue weighted by Crippen LogP contribution is -2.58. The minimum absolute atomic E-state index is 0.00939. The predicted molar refractivity (Wildman–Crippen MR) is 118 cm³/mol. The quantitative estimate of drug-likeness (QED) is 0.377. The van der Waals surface area contributed by atoms with Gasteiger partial charge in [0, 0.05) is 6.54 Å². The van der Waals surface area contributed by atoms with E-state index in [1.807, 2.05) is 34.6 Å². The van der Waals surface area contributed by atoms with Gasteiger partial charge in [-0.25, -0.2) is 9.59 Å². The largest absolute Gasteiger partial charge is 0.464 e. The molecule has 1 aliphatic carbocycles. The Kier molecular flexibility index (Phi) is 9.41. The van der Waals surface area contributed by atoms with Crippen molar-refractivity contribution in [2.75, 3.05) is 32.5 Å². The molecule has 1 amide bonds. The van der Waals surface area contributed by atoms with Crippen molar-refractivity contribution < 1.29 is 32.7 Å². The van der Waals surface area contributed by atoms with Crippen LogP contribution in [0.5, 0.6) is 0 Å². The zero-order chi connectivity index (χ0) is 23.2. The van der Waals surface area contributed by atoms with Crippen LogP contribution < -0.4 is 0 Å². The van der Waals surface area contributed by atoms with Gasteiger partial charge in [-0.15, -0.1) is 0 Å². The van der Waals surface area contributed by atoms with Crippen LogP contribution in [-0.4, -0.2) is 61.1 Å². The number of amides is 1. The molecular weight excluding hydrogens is 421 g/mol. The summed E-state index contributed by atoms with van der Waals surface area (Å²) in [4.78, 5) is 27.2. The van der Waals surface area contributed by atoms with Crippen molar-refractivity contribution in [1.29, 1.82) is 0 Å². The molecule has 0 radical (unpaired) electrons. The molecule has 0 N–H and O–H groups in total.